The number of carbonyl (C=O) groups is 1. The summed E-state index contributed by atoms with van der Waals surface area (Å²) < 4.78 is 86.8. The van der Waals surface area contributed by atoms with Gasteiger partial charge in [-0.1, -0.05) is 6.07 Å². The molecule has 0 spiro atoms. The summed E-state index contributed by atoms with van der Waals surface area (Å²) >= 11 is 0. The van der Waals surface area contributed by atoms with E-state index in [9.17, 15) is 36.2 Å². The number of amides is 1. The average Bonchev–Trinajstić information content (AvgIpc) is 3.33. The SMILES string of the molecule is Cc1ccc(NC(=O)C2C3CC(O)C(O3)C2c2cn(C)nc2C(F)(F)F)cc1C(F)(F)F. The van der Waals surface area contributed by atoms with Crippen LogP contribution in [-0.2, 0) is 28.9 Å². The Bertz CT molecular complexity index is 1050. The Kier molecular flexibility index (Phi) is 5.28. The molecule has 0 radical (unpaired) electrons. The van der Waals surface area contributed by atoms with Gasteiger partial charge in [0.2, 0.25) is 5.91 Å². The summed E-state index contributed by atoms with van der Waals surface area (Å²) in [6, 6.07) is 3.25. The zero-order valence-electron chi connectivity index (χ0n) is 16.8. The van der Waals surface area contributed by atoms with E-state index >= 15 is 0 Å². The number of hydrogen-bond donors (Lipinski definition) is 2. The minimum atomic E-state index is -4.80. The number of aryl methyl sites for hydroxylation is 2. The van der Waals surface area contributed by atoms with Crippen molar-refractivity contribution in [3.63, 3.8) is 0 Å². The van der Waals surface area contributed by atoms with Gasteiger partial charge in [0.1, 0.15) is 0 Å². The Hall–Kier alpha value is -2.60. The predicted molar refractivity (Wildman–Crippen MR) is 98.5 cm³/mol. The van der Waals surface area contributed by atoms with Gasteiger partial charge >= 0.3 is 12.4 Å². The molecule has 2 bridgehead atoms. The van der Waals surface area contributed by atoms with Gasteiger partial charge in [0.05, 0.1) is 29.8 Å². The number of aromatic nitrogens is 2. The van der Waals surface area contributed by atoms with E-state index in [-0.39, 0.29) is 23.2 Å². The van der Waals surface area contributed by atoms with E-state index in [1.165, 1.54) is 26.1 Å². The van der Waals surface area contributed by atoms with Crippen molar-refractivity contribution in [3.8, 4) is 0 Å². The molecular formula is C20H19F6N3O3. The second-order valence-electron chi connectivity index (χ2n) is 8.11. The molecule has 2 N–H and O–H groups in total. The summed E-state index contributed by atoms with van der Waals surface area (Å²) in [5.41, 5.74) is -2.60. The molecular weight excluding hydrogens is 444 g/mol. The number of rotatable bonds is 3. The number of ether oxygens (including phenoxy) is 1. The highest BCUT2D eigenvalue weighted by Crippen LogP contribution is 2.51. The predicted octanol–water partition coefficient (Wildman–Crippen LogP) is 3.64. The van der Waals surface area contributed by atoms with E-state index in [2.05, 4.69) is 10.4 Å². The van der Waals surface area contributed by atoms with Crippen molar-refractivity contribution >= 4 is 11.6 Å². The van der Waals surface area contributed by atoms with Crippen molar-refractivity contribution in [2.24, 2.45) is 13.0 Å². The molecule has 2 aromatic rings. The van der Waals surface area contributed by atoms with Crippen LogP contribution < -0.4 is 5.32 Å². The number of nitrogens with one attached hydrogen (secondary N) is 1. The molecule has 2 fully saturated rings. The molecule has 6 nitrogen and oxygen atoms in total. The largest absolute Gasteiger partial charge is 0.435 e. The molecule has 2 saturated heterocycles. The monoisotopic (exact) mass is 463 g/mol. The van der Waals surface area contributed by atoms with Crippen molar-refractivity contribution in [2.75, 3.05) is 5.32 Å². The zero-order valence-corrected chi connectivity index (χ0v) is 16.8. The molecule has 1 aromatic heterocycles. The summed E-state index contributed by atoms with van der Waals surface area (Å²) in [7, 11) is 1.29. The van der Waals surface area contributed by atoms with E-state index in [0.717, 1.165) is 16.9 Å². The fraction of sp³-hybridized carbons (Fsp3) is 0.500. The van der Waals surface area contributed by atoms with Crippen molar-refractivity contribution in [3.05, 3.63) is 46.8 Å². The quantitative estimate of drug-likeness (QED) is 0.682. The number of aliphatic hydroxyl groups is 1. The van der Waals surface area contributed by atoms with E-state index in [0.29, 0.717) is 0 Å². The lowest BCUT2D eigenvalue weighted by Gasteiger charge is -2.30. The van der Waals surface area contributed by atoms with E-state index < -0.39 is 59.7 Å². The smallest absolute Gasteiger partial charge is 0.390 e. The van der Waals surface area contributed by atoms with Crippen LogP contribution in [0, 0.1) is 12.8 Å². The Morgan fingerprint density at radius 1 is 1.22 bits per heavy atom. The number of nitrogens with zero attached hydrogens (tertiary/aromatic N) is 2. The van der Waals surface area contributed by atoms with Crippen LogP contribution >= 0.6 is 0 Å². The first-order valence-corrected chi connectivity index (χ1v) is 9.70. The number of hydrogen-bond acceptors (Lipinski definition) is 4. The minimum absolute atomic E-state index is 0.0303. The standard InChI is InChI=1S/C20H19F6N3O3/c1-8-3-4-9(5-11(8)19(21,22)23)27-18(31)15-13-6-12(30)16(32-13)14(15)10-7-29(2)28-17(10)20(24,25)26/h3-5,7,12-16,30H,6H2,1-2H3,(H,27,31). The first-order valence-electron chi connectivity index (χ1n) is 9.70. The number of anilines is 1. The molecule has 1 amide bonds. The molecule has 0 aliphatic carbocycles. The van der Waals surface area contributed by atoms with E-state index in [1.54, 1.807) is 0 Å². The summed E-state index contributed by atoms with van der Waals surface area (Å²) in [4.78, 5) is 13.0. The molecule has 174 valence electrons. The van der Waals surface area contributed by atoms with Crippen LogP contribution in [0.3, 0.4) is 0 Å². The Labute approximate surface area is 178 Å². The fourth-order valence-corrected chi connectivity index (χ4v) is 4.62. The highest BCUT2D eigenvalue weighted by atomic mass is 19.4. The van der Waals surface area contributed by atoms with Crippen LogP contribution in [0.2, 0.25) is 0 Å². The van der Waals surface area contributed by atoms with Crippen molar-refractivity contribution in [1.82, 2.24) is 9.78 Å². The molecule has 5 unspecified atom stereocenters. The molecule has 4 rings (SSSR count). The molecule has 0 saturated carbocycles. The molecule has 1 aromatic carbocycles. The molecule has 2 aliphatic rings. The Balaban J connectivity index is 1.68. The third kappa shape index (κ3) is 3.85. The summed E-state index contributed by atoms with van der Waals surface area (Å²) in [5.74, 6) is -3.10. The first kappa shape index (κ1) is 22.6. The van der Waals surface area contributed by atoms with Crippen LogP contribution in [0.5, 0.6) is 0 Å². The number of aliphatic hydroxyl groups excluding tert-OH is 1. The molecule has 3 heterocycles. The van der Waals surface area contributed by atoms with Gasteiger partial charge in [-0.25, -0.2) is 0 Å². The van der Waals surface area contributed by atoms with Crippen LogP contribution in [-0.4, -0.2) is 39.1 Å². The van der Waals surface area contributed by atoms with Crippen LogP contribution in [0.15, 0.2) is 24.4 Å². The second kappa shape index (κ2) is 7.48. The molecule has 5 atom stereocenters. The molecule has 12 heteroatoms. The third-order valence-electron chi connectivity index (χ3n) is 5.92. The zero-order chi connectivity index (χ0) is 23.6. The highest BCUT2D eigenvalue weighted by Gasteiger charge is 2.59. The third-order valence-corrected chi connectivity index (χ3v) is 5.92. The van der Waals surface area contributed by atoms with Gasteiger partial charge in [-0.2, -0.15) is 31.4 Å². The van der Waals surface area contributed by atoms with Crippen LogP contribution in [0.1, 0.15) is 34.7 Å². The van der Waals surface area contributed by atoms with Gasteiger partial charge < -0.3 is 15.2 Å². The van der Waals surface area contributed by atoms with Gasteiger partial charge in [0.15, 0.2) is 5.69 Å². The van der Waals surface area contributed by atoms with Gasteiger partial charge in [-0.05, 0) is 24.6 Å². The summed E-state index contributed by atoms with van der Waals surface area (Å²) in [6.45, 7) is 1.27. The topological polar surface area (TPSA) is 76.4 Å². The summed E-state index contributed by atoms with van der Waals surface area (Å²) in [5, 5.41) is 16.0. The average molecular weight is 463 g/mol. The fourth-order valence-electron chi connectivity index (χ4n) is 4.62. The number of fused-ring (bicyclic) bond motifs is 2. The Morgan fingerprint density at radius 2 is 1.91 bits per heavy atom. The molecule has 2 aliphatic heterocycles. The number of carbonyl (C=O) groups excluding carboxylic acids is 1. The highest BCUT2D eigenvalue weighted by molar-refractivity contribution is 5.94. The minimum Gasteiger partial charge on any atom is -0.390 e. The number of halogens is 6. The maximum absolute atomic E-state index is 13.5. The lowest BCUT2D eigenvalue weighted by Crippen LogP contribution is -2.41. The van der Waals surface area contributed by atoms with Gasteiger partial charge in [0, 0.05) is 36.8 Å². The first-order chi connectivity index (χ1) is 14.8. The van der Waals surface area contributed by atoms with E-state index in [1.807, 2.05) is 0 Å². The lowest BCUT2D eigenvalue weighted by atomic mass is 9.73. The normalized spacial score (nSPS) is 27.7. The second-order valence-corrected chi connectivity index (χ2v) is 8.11. The molecule has 32 heavy (non-hydrogen) atoms. The van der Waals surface area contributed by atoms with Crippen LogP contribution in [0.4, 0.5) is 32.0 Å². The van der Waals surface area contributed by atoms with Gasteiger partial charge in [-0.15, -0.1) is 0 Å². The number of alkyl halides is 6. The summed E-state index contributed by atoms with van der Waals surface area (Å²) in [6.07, 6.45) is -11.3. The maximum Gasteiger partial charge on any atom is 0.435 e. The van der Waals surface area contributed by atoms with Crippen molar-refractivity contribution in [1.29, 1.82) is 0 Å². The number of benzene rings is 1. The Morgan fingerprint density at radius 3 is 2.53 bits per heavy atom. The maximum atomic E-state index is 13.5. The van der Waals surface area contributed by atoms with Crippen molar-refractivity contribution < 1.29 is 41.0 Å². The lowest BCUT2D eigenvalue weighted by molar-refractivity contribution is -0.143. The van der Waals surface area contributed by atoms with Gasteiger partial charge in [0.25, 0.3) is 0 Å². The van der Waals surface area contributed by atoms with Crippen LogP contribution in [0.25, 0.3) is 0 Å². The van der Waals surface area contributed by atoms with Crippen molar-refractivity contribution in [2.45, 2.75) is 49.9 Å². The van der Waals surface area contributed by atoms with Gasteiger partial charge in [-0.3, -0.25) is 9.48 Å². The van der Waals surface area contributed by atoms with E-state index in [4.69, 9.17) is 4.74 Å².